The minimum absolute atomic E-state index is 0.232. The molecule has 0 aliphatic rings. The van der Waals surface area contributed by atoms with Gasteiger partial charge in [-0.25, -0.2) is 4.39 Å². The quantitative estimate of drug-likeness (QED) is 0.713. The molecule has 1 N–H and O–H groups in total. The van der Waals surface area contributed by atoms with Crippen LogP contribution in [0.2, 0.25) is 15.1 Å². The topological polar surface area (TPSA) is 12.0 Å². The maximum atomic E-state index is 13.3. The highest BCUT2D eigenvalue weighted by Gasteiger charge is 2.20. The maximum Gasteiger partial charge on any atom is 0.124 e. The molecule has 0 aliphatic carbocycles. The molecule has 0 aromatic heterocycles. The van der Waals surface area contributed by atoms with Crippen LogP contribution in [0.5, 0.6) is 0 Å². The molecule has 1 unspecified atom stereocenters. The first kappa shape index (κ1) is 16.6. The van der Waals surface area contributed by atoms with E-state index in [1.165, 1.54) is 12.1 Å². The second kappa shape index (κ2) is 7.46. The van der Waals surface area contributed by atoms with Gasteiger partial charge in [0.25, 0.3) is 0 Å². The Balaban J connectivity index is 2.49. The Kier molecular flexibility index (Phi) is 5.88. The van der Waals surface area contributed by atoms with Crippen LogP contribution in [0.15, 0.2) is 36.4 Å². The number of halogens is 4. The SMILES string of the molecule is CCCNC(c1ccc(F)cc1Cl)c1cccc(Cl)c1Cl. The van der Waals surface area contributed by atoms with E-state index < -0.39 is 0 Å². The molecule has 112 valence electrons. The third-order valence-corrected chi connectivity index (χ3v) is 4.33. The lowest BCUT2D eigenvalue weighted by Gasteiger charge is -2.22. The number of benzene rings is 2. The van der Waals surface area contributed by atoms with E-state index in [1.54, 1.807) is 12.1 Å². The fraction of sp³-hybridized carbons (Fsp3) is 0.250. The number of hydrogen-bond acceptors (Lipinski definition) is 1. The molecule has 0 spiro atoms. The number of hydrogen-bond donors (Lipinski definition) is 1. The van der Waals surface area contributed by atoms with E-state index in [0.29, 0.717) is 15.1 Å². The second-order valence-electron chi connectivity index (χ2n) is 4.70. The van der Waals surface area contributed by atoms with Crippen molar-refractivity contribution < 1.29 is 4.39 Å². The zero-order valence-electron chi connectivity index (χ0n) is 11.5. The molecule has 5 heteroatoms. The van der Waals surface area contributed by atoms with Crippen molar-refractivity contribution in [2.45, 2.75) is 19.4 Å². The van der Waals surface area contributed by atoms with Crippen LogP contribution in [0, 0.1) is 5.82 Å². The van der Waals surface area contributed by atoms with E-state index in [0.717, 1.165) is 24.1 Å². The fourth-order valence-electron chi connectivity index (χ4n) is 2.16. The minimum atomic E-state index is -0.366. The summed E-state index contributed by atoms with van der Waals surface area (Å²) in [6.07, 6.45) is 0.952. The lowest BCUT2D eigenvalue weighted by Crippen LogP contribution is -2.24. The minimum Gasteiger partial charge on any atom is -0.306 e. The summed E-state index contributed by atoms with van der Waals surface area (Å²) in [5, 5.41) is 4.70. The van der Waals surface area contributed by atoms with Crippen LogP contribution in [-0.2, 0) is 0 Å². The van der Waals surface area contributed by atoms with Gasteiger partial charge in [0.15, 0.2) is 0 Å². The summed E-state index contributed by atoms with van der Waals surface area (Å²) in [7, 11) is 0. The largest absolute Gasteiger partial charge is 0.306 e. The molecule has 2 aromatic carbocycles. The molecule has 0 amide bonds. The van der Waals surface area contributed by atoms with Crippen molar-refractivity contribution in [1.82, 2.24) is 5.32 Å². The third-order valence-electron chi connectivity index (χ3n) is 3.16. The summed E-state index contributed by atoms with van der Waals surface area (Å²) >= 11 is 18.6. The van der Waals surface area contributed by atoms with E-state index in [1.807, 2.05) is 12.1 Å². The van der Waals surface area contributed by atoms with Crippen molar-refractivity contribution in [2.24, 2.45) is 0 Å². The molecule has 0 saturated heterocycles. The van der Waals surface area contributed by atoms with Gasteiger partial charge in [0, 0.05) is 5.02 Å². The predicted molar refractivity (Wildman–Crippen MR) is 88.0 cm³/mol. The fourth-order valence-corrected chi connectivity index (χ4v) is 2.85. The van der Waals surface area contributed by atoms with Crippen molar-refractivity contribution in [3.63, 3.8) is 0 Å². The smallest absolute Gasteiger partial charge is 0.124 e. The predicted octanol–water partition coefficient (Wildman–Crippen LogP) is 5.87. The summed E-state index contributed by atoms with van der Waals surface area (Å²) in [5.41, 5.74) is 1.60. The molecular weight excluding hydrogens is 332 g/mol. The Labute approximate surface area is 139 Å². The Morgan fingerprint density at radius 2 is 1.81 bits per heavy atom. The van der Waals surface area contributed by atoms with Crippen LogP contribution < -0.4 is 5.32 Å². The Morgan fingerprint density at radius 1 is 1.05 bits per heavy atom. The normalized spacial score (nSPS) is 12.4. The van der Waals surface area contributed by atoms with Gasteiger partial charge in [-0.2, -0.15) is 0 Å². The van der Waals surface area contributed by atoms with Crippen LogP contribution in [0.4, 0.5) is 4.39 Å². The van der Waals surface area contributed by atoms with Crippen LogP contribution in [0.3, 0.4) is 0 Å². The highest BCUT2D eigenvalue weighted by Crippen LogP contribution is 2.35. The monoisotopic (exact) mass is 345 g/mol. The lowest BCUT2D eigenvalue weighted by atomic mass is 9.98. The van der Waals surface area contributed by atoms with Gasteiger partial charge < -0.3 is 5.32 Å². The highest BCUT2D eigenvalue weighted by molar-refractivity contribution is 6.42. The van der Waals surface area contributed by atoms with E-state index in [2.05, 4.69) is 12.2 Å². The number of rotatable bonds is 5. The van der Waals surface area contributed by atoms with Gasteiger partial charge in [0.1, 0.15) is 5.82 Å². The summed E-state index contributed by atoms with van der Waals surface area (Å²) in [6.45, 7) is 2.84. The van der Waals surface area contributed by atoms with E-state index in [-0.39, 0.29) is 11.9 Å². The van der Waals surface area contributed by atoms with Gasteiger partial charge in [-0.15, -0.1) is 0 Å². The van der Waals surface area contributed by atoms with Crippen molar-refractivity contribution in [1.29, 1.82) is 0 Å². The van der Waals surface area contributed by atoms with Crippen molar-refractivity contribution in [2.75, 3.05) is 6.54 Å². The molecule has 0 fully saturated rings. The Bertz CT molecular complexity index is 631. The first-order chi connectivity index (χ1) is 10.0. The highest BCUT2D eigenvalue weighted by atomic mass is 35.5. The molecular formula is C16H15Cl3FN. The molecule has 21 heavy (non-hydrogen) atoms. The van der Waals surface area contributed by atoms with Crippen molar-refractivity contribution in [3.05, 3.63) is 68.4 Å². The molecule has 0 heterocycles. The van der Waals surface area contributed by atoms with Crippen LogP contribution in [0.1, 0.15) is 30.5 Å². The van der Waals surface area contributed by atoms with Gasteiger partial charge in [0.05, 0.1) is 16.1 Å². The first-order valence-corrected chi connectivity index (χ1v) is 7.80. The zero-order valence-corrected chi connectivity index (χ0v) is 13.7. The molecule has 0 bridgehead atoms. The van der Waals surface area contributed by atoms with Crippen molar-refractivity contribution in [3.8, 4) is 0 Å². The first-order valence-electron chi connectivity index (χ1n) is 6.66. The third kappa shape index (κ3) is 3.89. The molecule has 0 radical (unpaired) electrons. The number of nitrogens with one attached hydrogen (secondary N) is 1. The van der Waals surface area contributed by atoms with Crippen LogP contribution in [-0.4, -0.2) is 6.54 Å². The van der Waals surface area contributed by atoms with Gasteiger partial charge in [-0.1, -0.05) is 59.9 Å². The van der Waals surface area contributed by atoms with Crippen LogP contribution >= 0.6 is 34.8 Å². The molecule has 2 aromatic rings. The molecule has 2 rings (SSSR count). The summed E-state index contributed by atoms with van der Waals surface area (Å²) < 4.78 is 13.3. The van der Waals surface area contributed by atoms with Gasteiger partial charge in [-0.3, -0.25) is 0 Å². The molecule has 0 saturated carbocycles. The molecule has 1 atom stereocenters. The summed E-state index contributed by atoms with van der Waals surface area (Å²) in [5.74, 6) is -0.366. The van der Waals surface area contributed by atoms with E-state index >= 15 is 0 Å². The average molecular weight is 347 g/mol. The maximum absolute atomic E-state index is 13.3. The second-order valence-corrected chi connectivity index (χ2v) is 5.89. The standard InChI is InChI=1S/C16H15Cl3FN/c1-2-8-21-16(11-7-6-10(20)9-14(11)18)12-4-3-5-13(17)15(12)19/h3-7,9,16,21H,2,8H2,1H3. The zero-order chi connectivity index (χ0) is 15.4. The average Bonchev–Trinajstić information content (AvgIpc) is 2.45. The van der Waals surface area contributed by atoms with Gasteiger partial charge in [0.2, 0.25) is 0 Å². The van der Waals surface area contributed by atoms with Gasteiger partial charge >= 0.3 is 0 Å². The summed E-state index contributed by atoms with van der Waals surface area (Å²) in [6, 6.07) is 9.59. The van der Waals surface area contributed by atoms with E-state index in [9.17, 15) is 4.39 Å². The lowest BCUT2D eigenvalue weighted by molar-refractivity contribution is 0.593. The van der Waals surface area contributed by atoms with Crippen molar-refractivity contribution >= 4 is 34.8 Å². The Morgan fingerprint density at radius 3 is 2.48 bits per heavy atom. The molecule has 1 nitrogen and oxygen atoms in total. The van der Waals surface area contributed by atoms with Gasteiger partial charge in [-0.05, 0) is 42.3 Å². The van der Waals surface area contributed by atoms with E-state index in [4.69, 9.17) is 34.8 Å². The van der Waals surface area contributed by atoms with Crippen LogP contribution in [0.25, 0.3) is 0 Å². The molecule has 0 aliphatic heterocycles. The Hall–Kier alpha value is -0.800. The summed E-state index contributed by atoms with van der Waals surface area (Å²) in [4.78, 5) is 0.